The first-order valence-corrected chi connectivity index (χ1v) is 8.85. The van der Waals surface area contributed by atoms with Crippen molar-refractivity contribution in [3.8, 4) is 0 Å². The van der Waals surface area contributed by atoms with Crippen LogP contribution in [-0.4, -0.2) is 40.2 Å². The molecule has 5 nitrogen and oxygen atoms in total. The topological polar surface area (TPSA) is 50.2 Å². The van der Waals surface area contributed by atoms with Crippen molar-refractivity contribution in [2.24, 2.45) is 0 Å². The van der Waals surface area contributed by atoms with E-state index in [0.717, 1.165) is 18.7 Å². The van der Waals surface area contributed by atoms with Gasteiger partial charge in [0.25, 0.3) is 0 Å². The Kier molecular flexibility index (Phi) is 6.01. The second-order valence-electron chi connectivity index (χ2n) is 6.45. The van der Waals surface area contributed by atoms with E-state index in [1.54, 1.807) is 6.20 Å². The van der Waals surface area contributed by atoms with E-state index in [0.29, 0.717) is 13.1 Å². The Bertz CT molecular complexity index is 604. The third-order valence-electron chi connectivity index (χ3n) is 4.53. The van der Waals surface area contributed by atoms with Crippen LogP contribution < -0.4 is 5.32 Å². The number of hydrogen-bond donors (Lipinski definition) is 1. The SMILES string of the molecule is O=C(CN1CCCCCC1)NC(Cn1cccn1)c1ccccc1. The molecule has 2 heterocycles. The van der Waals surface area contributed by atoms with Gasteiger partial charge in [-0.2, -0.15) is 5.10 Å². The van der Waals surface area contributed by atoms with Crippen molar-refractivity contribution in [1.82, 2.24) is 20.0 Å². The molecule has 1 saturated heterocycles. The third-order valence-corrected chi connectivity index (χ3v) is 4.53. The van der Waals surface area contributed by atoms with Crippen LogP contribution in [0.25, 0.3) is 0 Å². The fraction of sp³-hybridized carbons (Fsp3) is 0.474. The van der Waals surface area contributed by atoms with E-state index in [4.69, 9.17) is 0 Å². The number of nitrogens with zero attached hydrogens (tertiary/aromatic N) is 3. The number of nitrogens with one attached hydrogen (secondary N) is 1. The van der Waals surface area contributed by atoms with Crippen molar-refractivity contribution in [2.45, 2.75) is 38.3 Å². The molecule has 0 aliphatic carbocycles. The second-order valence-corrected chi connectivity index (χ2v) is 6.45. The van der Waals surface area contributed by atoms with Crippen LogP contribution in [0.3, 0.4) is 0 Å². The zero-order valence-electron chi connectivity index (χ0n) is 14.1. The molecule has 0 bridgehead atoms. The summed E-state index contributed by atoms with van der Waals surface area (Å²) in [4.78, 5) is 14.8. The van der Waals surface area contributed by atoms with Gasteiger partial charge in [0.1, 0.15) is 0 Å². The molecular formula is C19H26N4O. The lowest BCUT2D eigenvalue weighted by Crippen LogP contribution is -2.40. The highest BCUT2D eigenvalue weighted by Crippen LogP contribution is 2.15. The molecule has 1 fully saturated rings. The van der Waals surface area contributed by atoms with E-state index in [1.807, 2.05) is 35.1 Å². The minimum atomic E-state index is -0.0643. The number of rotatable bonds is 6. The fourth-order valence-electron chi connectivity index (χ4n) is 3.25. The maximum Gasteiger partial charge on any atom is 0.234 e. The Morgan fingerprint density at radius 3 is 2.50 bits per heavy atom. The van der Waals surface area contributed by atoms with Crippen LogP contribution in [0.15, 0.2) is 48.8 Å². The monoisotopic (exact) mass is 326 g/mol. The zero-order chi connectivity index (χ0) is 16.6. The average Bonchev–Trinajstić information content (AvgIpc) is 2.98. The van der Waals surface area contributed by atoms with Gasteiger partial charge in [-0.05, 0) is 37.6 Å². The van der Waals surface area contributed by atoms with Gasteiger partial charge in [0.15, 0.2) is 0 Å². The zero-order valence-corrected chi connectivity index (χ0v) is 14.1. The van der Waals surface area contributed by atoms with Crippen LogP contribution in [0.2, 0.25) is 0 Å². The number of benzene rings is 1. The third kappa shape index (κ3) is 4.93. The molecular weight excluding hydrogens is 300 g/mol. The minimum absolute atomic E-state index is 0.0643. The van der Waals surface area contributed by atoms with Gasteiger partial charge in [-0.25, -0.2) is 0 Å². The van der Waals surface area contributed by atoms with Crippen molar-refractivity contribution < 1.29 is 4.79 Å². The summed E-state index contributed by atoms with van der Waals surface area (Å²) in [6, 6.07) is 12.0. The molecule has 2 aromatic rings. The molecule has 0 saturated carbocycles. The summed E-state index contributed by atoms with van der Waals surface area (Å²) in [5, 5.41) is 7.47. The number of likely N-dealkylation sites (tertiary alicyclic amines) is 1. The van der Waals surface area contributed by atoms with Crippen LogP contribution in [0.5, 0.6) is 0 Å². The summed E-state index contributed by atoms with van der Waals surface area (Å²) in [6.07, 6.45) is 8.65. The molecule has 3 rings (SSSR count). The molecule has 1 N–H and O–H groups in total. The predicted octanol–water partition coefficient (Wildman–Crippen LogP) is 2.62. The van der Waals surface area contributed by atoms with E-state index >= 15 is 0 Å². The molecule has 1 aromatic carbocycles. The molecule has 24 heavy (non-hydrogen) atoms. The van der Waals surface area contributed by atoms with Gasteiger partial charge >= 0.3 is 0 Å². The maximum absolute atomic E-state index is 12.6. The number of carbonyl (C=O) groups is 1. The van der Waals surface area contributed by atoms with Gasteiger partial charge in [0, 0.05) is 12.4 Å². The van der Waals surface area contributed by atoms with Crippen LogP contribution in [0.4, 0.5) is 0 Å². The summed E-state index contributed by atoms with van der Waals surface area (Å²) in [6.45, 7) is 3.19. The highest BCUT2D eigenvalue weighted by Gasteiger charge is 2.18. The van der Waals surface area contributed by atoms with Gasteiger partial charge in [-0.3, -0.25) is 14.4 Å². The normalized spacial score (nSPS) is 17.2. The Balaban J connectivity index is 1.63. The number of amides is 1. The number of aromatic nitrogens is 2. The van der Waals surface area contributed by atoms with Gasteiger partial charge in [-0.15, -0.1) is 0 Å². The van der Waals surface area contributed by atoms with E-state index in [-0.39, 0.29) is 11.9 Å². The predicted molar refractivity (Wildman–Crippen MR) is 94.5 cm³/mol. The highest BCUT2D eigenvalue weighted by atomic mass is 16.2. The van der Waals surface area contributed by atoms with Crippen LogP contribution in [0, 0.1) is 0 Å². The van der Waals surface area contributed by atoms with Crippen molar-refractivity contribution in [1.29, 1.82) is 0 Å². The molecule has 1 atom stereocenters. The summed E-state index contributed by atoms with van der Waals surface area (Å²) >= 11 is 0. The van der Waals surface area contributed by atoms with Crippen LogP contribution in [-0.2, 0) is 11.3 Å². The van der Waals surface area contributed by atoms with E-state index in [9.17, 15) is 4.79 Å². The van der Waals surface area contributed by atoms with Gasteiger partial charge in [0.05, 0.1) is 19.1 Å². The first kappa shape index (κ1) is 16.7. The number of hydrogen-bond acceptors (Lipinski definition) is 3. The largest absolute Gasteiger partial charge is 0.346 e. The summed E-state index contributed by atoms with van der Waals surface area (Å²) in [7, 11) is 0. The Morgan fingerprint density at radius 1 is 1.08 bits per heavy atom. The summed E-state index contributed by atoms with van der Waals surface area (Å²) in [5.41, 5.74) is 1.11. The molecule has 0 spiro atoms. The Labute approximate surface area is 143 Å². The summed E-state index contributed by atoms with van der Waals surface area (Å²) < 4.78 is 1.86. The van der Waals surface area contributed by atoms with Gasteiger partial charge in [-0.1, -0.05) is 43.2 Å². The van der Waals surface area contributed by atoms with Crippen LogP contribution in [0.1, 0.15) is 37.3 Å². The van der Waals surface area contributed by atoms with Crippen molar-refractivity contribution >= 4 is 5.91 Å². The van der Waals surface area contributed by atoms with Crippen molar-refractivity contribution in [2.75, 3.05) is 19.6 Å². The highest BCUT2D eigenvalue weighted by molar-refractivity contribution is 5.78. The quantitative estimate of drug-likeness (QED) is 0.888. The molecule has 1 aliphatic rings. The Hall–Kier alpha value is -2.14. The van der Waals surface area contributed by atoms with E-state index < -0.39 is 0 Å². The standard InChI is InChI=1S/C19H26N4O/c24-19(16-22-12-6-1-2-7-13-22)21-18(15-23-14-8-11-20-23)17-9-4-3-5-10-17/h3-5,8-11,14,18H,1-2,6-7,12-13,15-16H2,(H,21,24). The van der Waals surface area contributed by atoms with E-state index in [1.165, 1.54) is 25.7 Å². The lowest BCUT2D eigenvalue weighted by atomic mass is 10.1. The Morgan fingerprint density at radius 2 is 1.83 bits per heavy atom. The molecule has 1 aromatic heterocycles. The molecule has 1 unspecified atom stereocenters. The van der Waals surface area contributed by atoms with E-state index in [2.05, 4.69) is 27.4 Å². The first-order chi connectivity index (χ1) is 11.8. The molecule has 0 radical (unpaired) electrons. The van der Waals surface area contributed by atoms with Crippen molar-refractivity contribution in [3.63, 3.8) is 0 Å². The fourth-order valence-corrected chi connectivity index (χ4v) is 3.25. The second kappa shape index (κ2) is 8.64. The van der Waals surface area contributed by atoms with Crippen molar-refractivity contribution in [3.05, 3.63) is 54.4 Å². The average molecular weight is 326 g/mol. The maximum atomic E-state index is 12.6. The smallest absolute Gasteiger partial charge is 0.234 e. The summed E-state index contributed by atoms with van der Waals surface area (Å²) in [5.74, 6) is 0.0953. The van der Waals surface area contributed by atoms with Gasteiger partial charge < -0.3 is 5.32 Å². The molecule has 5 heteroatoms. The minimum Gasteiger partial charge on any atom is -0.346 e. The first-order valence-electron chi connectivity index (χ1n) is 8.85. The molecule has 1 aliphatic heterocycles. The molecule has 1 amide bonds. The lowest BCUT2D eigenvalue weighted by molar-refractivity contribution is -0.123. The number of carbonyl (C=O) groups excluding carboxylic acids is 1. The lowest BCUT2D eigenvalue weighted by Gasteiger charge is -2.23. The molecule has 128 valence electrons. The van der Waals surface area contributed by atoms with Gasteiger partial charge in [0.2, 0.25) is 5.91 Å². The van der Waals surface area contributed by atoms with Crippen LogP contribution >= 0.6 is 0 Å².